The van der Waals surface area contributed by atoms with E-state index in [0.29, 0.717) is 0 Å². The Morgan fingerprint density at radius 1 is 1.28 bits per heavy atom. The van der Waals surface area contributed by atoms with E-state index in [4.69, 9.17) is 14.2 Å². The summed E-state index contributed by atoms with van der Waals surface area (Å²) in [5, 5.41) is 0. The Hall–Kier alpha value is -1.44. The lowest BCUT2D eigenvalue weighted by Crippen LogP contribution is -2.41. The predicted octanol–water partition coefficient (Wildman–Crippen LogP) is -0.470. The van der Waals surface area contributed by atoms with Crippen LogP contribution in [0.2, 0.25) is 0 Å². The van der Waals surface area contributed by atoms with E-state index in [0.717, 1.165) is 4.57 Å². The number of rotatable bonds is 6. The maximum Gasteiger partial charge on any atom is 0.330 e. The zero-order valence-electron chi connectivity index (χ0n) is 11.0. The van der Waals surface area contributed by atoms with E-state index in [-0.39, 0.29) is 24.4 Å². The third-order valence-electron chi connectivity index (χ3n) is 2.66. The van der Waals surface area contributed by atoms with Gasteiger partial charge in [-0.15, -0.1) is 0 Å². The fraction of sp³-hybridized carbons (Fsp3) is 0.636. The van der Waals surface area contributed by atoms with E-state index in [2.05, 4.69) is 0 Å². The largest absolute Gasteiger partial charge is 0.331 e. The van der Waals surface area contributed by atoms with Crippen molar-refractivity contribution in [1.82, 2.24) is 9.13 Å². The average Bonchev–Trinajstić information content (AvgIpc) is 2.38. The molecule has 0 aromatic carbocycles. The lowest BCUT2D eigenvalue weighted by atomic mass is 10.5. The Morgan fingerprint density at radius 3 is 2.44 bits per heavy atom. The van der Waals surface area contributed by atoms with Crippen LogP contribution in [0.3, 0.4) is 0 Å². The molecule has 0 atom stereocenters. The summed E-state index contributed by atoms with van der Waals surface area (Å²) in [6, 6.07) is 1.33. The second kappa shape index (κ2) is 5.94. The van der Waals surface area contributed by atoms with E-state index < -0.39 is 5.97 Å². The Balaban J connectivity index is 2.74. The number of hydrogen-bond donors (Lipinski definition) is 0. The summed E-state index contributed by atoms with van der Waals surface area (Å²) in [6.45, 7) is 1.85. The summed E-state index contributed by atoms with van der Waals surface area (Å²) in [6.07, 6.45) is 1.43. The number of hydrogen-bond acceptors (Lipinski definition) is 5. The predicted molar refractivity (Wildman–Crippen MR) is 64.3 cm³/mol. The zero-order valence-corrected chi connectivity index (χ0v) is 11.0. The van der Waals surface area contributed by atoms with E-state index in [1.54, 1.807) is 14.0 Å². The number of ether oxygens (including phenoxy) is 3. The van der Waals surface area contributed by atoms with Crippen molar-refractivity contribution in [2.75, 3.05) is 20.8 Å². The third-order valence-corrected chi connectivity index (χ3v) is 2.66. The average molecular weight is 258 g/mol. The molecule has 0 unspecified atom stereocenters. The van der Waals surface area contributed by atoms with Gasteiger partial charge in [-0.3, -0.25) is 9.36 Å². The van der Waals surface area contributed by atoms with E-state index in [9.17, 15) is 9.59 Å². The number of aromatic nitrogens is 2. The highest BCUT2D eigenvalue weighted by molar-refractivity contribution is 4.85. The van der Waals surface area contributed by atoms with Gasteiger partial charge in [0.1, 0.15) is 0 Å². The Morgan fingerprint density at radius 2 is 1.89 bits per heavy atom. The summed E-state index contributed by atoms with van der Waals surface area (Å²) < 4.78 is 17.7. The van der Waals surface area contributed by atoms with Crippen LogP contribution in [-0.4, -0.2) is 35.9 Å². The highest BCUT2D eigenvalue weighted by Gasteiger charge is 2.23. The molecule has 7 nitrogen and oxygen atoms in total. The van der Waals surface area contributed by atoms with Crippen LogP contribution in [0.1, 0.15) is 6.92 Å². The molecule has 1 rings (SSSR count). The van der Waals surface area contributed by atoms with E-state index in [1.807, 2.05) is 0 Å². The van der Waals surface area contributed by atoms with Gasteiger partial charge in [-0.2, -0.15) is 0 Å². The van der Waals surface area contributed by atoms with Crippen LogP contribution in [0.5, 0.6) is 0 Å². The second-order valence-corrected chi connectivity index (χ2v) is 3.82. The van der Waals surface area contributed by atoms with Crippen LogP contribution >= 0.6 is 0 Å². The van der Waals surface area contributed by atoms with Gasteiger partial charge >= 0.3 is 5.69 Å². The SMILES string of the molecule is COC(C)(OC)OCCn1c(=O)ccn(C)c1=O. The molecule has 18 heavy (non-hydrogen) atoms. The first-order valence-corrected chi connectivity index (χ1v) is 5.44. The summed E-state index contributed by atoms with van der Waals surface area (Å²) in [4.78, 5) is 23.2. The van der Waals surface area contributed by atoms with Crippen LogP contribution in [0.4, 0.5) is 0 Å². The fourth-order valence-electron chi connectivity index (χ4n) is 1.34. The molecule has 0 amide bonds. The Bertz CT molecular complexity index is 501. The van der Waals surface area contributed by atoms with Gasteiger partial charge in [-0.1, -0.05) is 0 Å². The van der Waals surface area contributed by atoms with Crippen molar-refractivity contribution in [2.45, 2.75) is 19.4 Å². The van der Waals surface area contributed by atoms with Crippen LogP contribution in [0.15, 0.2) is 21.9 Å². The van der Waals surface area contributed by atoms with Crippen molar-refractivity contribution in [3.8, 4) is 0 Å². The summed E-state index contributed by atoms with van der Waals surface area (Å²) in [5.74, 6) is -1.18. The van der Waals surface area contributed by atoms with Gasteiger partial charge in [0.2, 0.25) is 0 Å². The molecule has 1 heterocycles. The minimum Gasteiger partial charge on any atom is -0.331 e. The number of aryl methyl sites for hydroxylation is 1. The molecule has 0 N–H and O–H groups in total. The summed E-state index contributed by atoms with van der Waals surface area (Å²) in [5.41, 5.74) is -0.749. The van der Waals surface area contributed by atoms with Crippen molar-refractivity contribution in [3.05, 3.63) is 33.1 Å². The van der Waals surface area contributed by atoms with E-state index in [1.165, 1.54) is 31.0 Å². The van der Waals surface area contributed by atoms with Gasteiger partial charge < -0.3 is 18.8 Å². The first-order valence-electron chi connectivity index (χ1n) is 5.44. The topological polar surface area (TPSA) is 71.7 Å². The molecule has 0 saturated carbocycles. The van der Waals surface area contributed by atoms with Gasteiger partial charge in [0.05, 0.1) is 13.2 Å². The lowest BCUT2D eigenvalue weighted by Gasteiger charge is -2.25. The summed E-state index contributed by atoms with van der Waals surface area (Å²) >= 11 is 0. The van der Waals surface area contributed by atoms with Gasteiger partial charge in [0.25, 0.3) is 11.5 Å². The first kappa shape index (κ1) is 14.6. The standard InChI is InChI=1S/C11H18N2O5/c1-11(16-3,17-4)18-8-7-13-9(14)5-6-12(2)10(13)15/h5-6H,7-8H2,1-4H3. The third kappa shape index (κ3) is 3.28. The Labute approximate surface area is 105 Å². The fourth-order valence-corrected chi connectivity index (χ4v) is 1.34. The molecule has 0 fully saturated rings. The normalized spacial score (nSPS) is 11.8. The number of methoxy groups -OCH3 is 2. The van der Waals surface area contributed by atoms with Gasteiger partial charge in [-0.05, 0) is 0 Å². The van der Waals surface area contributed by atoms with Crippen LogP contribution in [0, 0.1) is 0 Å². The van der Waals surface area contributed by atoms with Gasteiger partial charge in [-0.25, -0.2) is 4.79 Å². The highest BCUT2D eigenvalue weighted by Crippen LogP contribution is 2.10. The quantitative estimate of drug-likeness (QED) is 0.645. The Kier molecular flexibility index (Phi) is 4.83. The molecule has 102 valence electrons. The highest BCUT2D eigenvalue weighted by atomic mass is 16.9. The van der Waals surface area contributed by atoms with Crippen molar-refractivity contribution in [3.63, 3.8) is 0 Å². The first-order chi connectivity index (χ1) is 8.43. The second-order valence-electron chi connectivity index (χ2n) is 3.82. The van der Waals surface area contributed by atoms with E-state index >= 15 is 0 Å². The summed E-state index contributed by atoms with van der Waals surface area (Å²) in [7, 11) is 4.46. The molecular weight excluding hydrogens is 240 g/mol. The van der Waals surface area contributed by atoms with Crippen LogP contribution < -0.4 is 11.2 Å². The minimum absolute atomic E-state index is 0.122. The van der Waals surface area contributed by atoms with Crippen LogP contribution in [-0.2, 0) is 27.8 Å². The molecule has 0 aliphatic rings. The molecule has 1 aromatic heterocycles. The maximum absolute atomic E-state index is 11.7. The van der Waals surface area contributed by atoms with Crippen molar-refractivity contribution in [2.24, 2.45) is 7.05 Å². The number of nitrogens with zero attached hydrogens (tertiary/aromatic N) is 2. The maximum atomic E-state index is 11.7. The molecule has 1 aromatic rings. The van der Waals surface area contributed by atoms with Gasteiger partial charge in [0, 0.05) is 40.5 Å². The molecule has 0 aliphatic carbocycles. The van der Waals surface area contributed by atoms with Crippen molar-refractivity contribution >= 4 is 0 Å². The van der Waals surface area contributed by atoms with Crippen molar-refractivity contribution < 1.29 is 14.2 Å². The molecule has 0 bridgehead atoms. The smallest absolute Gasteiger partial charge is 0.330 e. The molecule has 0 radical (unpaired) electrons. The van der Waals surface area contributed by atoms with Crippen LogP contribution in [0.25, 0.3) is 0 Å². The lowest BCUT2D eigenvalue weighted by molar-refractivity contribution is -0.351. The molecule has 0 saturated heterocycles. The minimum atomic E-state index is -1.18. The molecule has 0 aliphatic heterocycles. The van der Waals surface area contributed by atoms with Gasteiger partial charge in [0.15, 0.2) is 0 Å². The molecule has 7 heteroatoms. The monoisotopic (exact) mass is 258 g/mol. The van der Waals surface area contributed by atoms with Crippen molar-refractivity contribution in [1.29, 1.82) is 0 Å². The molecular formula is C11H18N2O5. The molecule has 0 spiro atoms. The zero-order chi connectivity index (χ0) is 13.8.